The average molecular weight is 297 g/mol. The lowest BCUT2D eigenvalue weighted by molar-refractivity contribution is -0.137. The summed E-state index contributed by atoms with van der Waals surface area (Å²) in [6.45, 7) is 1.30. The monoisotopic (exact) mass is 297 g/mol. The molecule has 0 aromatic heterocycles. The number of carbonyl (C=O) groups excluding carboxylic acids is 2. The molecule has 1 fully saturated rings. The number of rotatable bonds is 1. The maximum atomic E-state index is 12.6. The van der Waals surface area contributed by atoms with Crippen molar-refractivity contribution in [3.8, 4) is 6.07 Å². The van der Waals surface area contributed by atoms with Crippen molar-refractivity contribution in [1.29, 1.82) is 5.26 Å². The minimum absolute atomic E-state index is 0.126. The highest BCUT2D eigenvalue weighted by molar-refractivity contribution is 6.04. The van der Waals surface area contributed by atoms with Gasteiger partial charge in [0.15, 0.2) is 0 Å². The van der Waals surface area contributed by atoms with Gasteiger partial charge in [0, 0.05) is 0 Å². The second kappa shape index (κ2) is 5.09. The summed E-state index contributed by atoms with van der Waals surface area (Å²) in [4.78, 5) is 24.3. The van der Waals surface area contributed by atoms with Crippen LogP contribution in [0.4, 0.5) is 18.9 Å². The van der Waals surface area contributed by atoms with Crippen LogP contribution in [-0.4, -0.2) is 24.4 Å². The molecule has 0 spiro atoms. The number of alkyl halides is 3. The van der Waals surface area contributed by atoms with E-state index < -0.39 is 29.6 Å². The Morgan fingerprint density at radius 2 is 2.05 bits per heavy atom. The molecule has 1 saturated heterocycles. The molecule has 0 saturated carbocycles. The van der Waals surface area contributed by atoms with Crippen molar-refractivity contribution >= 4 is 17.5 Å². The summed E-state index contributed by atoms with van der Waals surface area (Å²) in [5.41, 5.74) is -1.07. The Balaban J connectivity index is 2.47. The molecule has 21 heavy (non-hydrogen) atoms. The van der Waals surface area contributed by atoms with E-state index in [2.05, 4.69) is 5.32 Å². The third-order valence-corrected chi connectivity index (χ3v) is 3.18. The lowest BCUT2D eigenvalue weighted by atomic mass is 10.1. The van der Waals surface area contributed by atoms with Crippen LogP contribution < -0.4 is 10.2 Å². The Bertz CT molecular complexity index is 649. The van der Waals surface area contributed by atoms with Crippen molar-refractivity contribution in [2.45, 2.75) is 19.1 Å². The molecule has 0 bridgehead atoms. The van der Waals surface area contributed by atoms with Gasteiger partial charge < -0.3 is 4.90 Å². The van der Waals surface area contributed by atoms with E-state index in [9.17, 15) is 22.8 Å². The SMILES string of the molecule is CC1C(=O)NC(=O)CN1c1ccc(C(F)(F)F)cc1C#N. The van der Waals surface area contributed by atoms with Gasteiger partial charge in [0.05, 0.1) is 23.4 Å². The number of piperazine rings is 1. The summed E-state index contributed by atoms with van der Waals surface area (Å²) in [5.74, 6) is -1.13. The molecule has 5 nitrogen and oxygen atoms in total. The number of nitrogens with zero attached hydrogens (tertiary/aromatic N) is 2. The van der Waals surface area contributed by atoms with Gasteiger partial charge in [0.2, 0.25) is 11.8 Å². The van der Waals surface area contributed by atoms with Gasteiger partial charge in [0.1, 0.15) is 12.1 Å². The molecule has 1 aromatic carbocycles. The number of hydrogen-bond acceptors (Lipinski definition) is 4. The van der Waals surface area contributed by atoms with Gasteiger partial charge in [-0.1, -0.05) is 0 Å². The van der Waals surface area contributed by atoms with Crippen LogP contribution in [0.2, 0.25) is 0 Å². The molecular weight excluding hydrogens is 287 g/mol. The van der Waals surface area contributed by atoms with Gasteiger partial charge in [-0.15, -0.1) is 0 Å². The van der Waals surface area contributed by atoms with E-state index >= 15 is 0 Å². The Labute approximate surface area is 118 Å². The molecular formula is C13H10F3N3O2. The zero-order valence-electron chi connectivity index (χ0n) is 10.9. The fraction of sp³-hybridized carbons (Fsp3) is 0.308. The van der Waals surface area contributed by atoms with Crippen molar-refractivity contribution in [2.24, 2.45) is 0 Å². The second-order valence-electron chi connectivity index (χ2n) is 4.56. The molecule has 1 N–H and O–H groups in total. The molecule has 2 amide bonds. The Morgan fingerprint density at radius 1 is 1.38 bits per heavy atom. The first-order valence-corrected chi connectivity index (χ1v) is 5.95. The first-order chi connectivity index (χ1) is 9.74. The minimum atomic E-state index is -4.56. The first-order valence-electron chi connectivity index (χ1n) is 5.95. The standard InChI is InChI=1S/C13H10F3N3O2/c1-7-12(21)18-11(20)6-19(7)10-3-2-9(13(14,15)16)4-8(10)5-17/h2-4,7H,6H2,1H3,(H,18,20,21). The van der Waals surface area contributed by atoms with E-state index in [1.165, 1.54) is 11.8 Å². The highest BCUT2D eigenvalue weighted by Gasteiger charge is 2.34. The third kappa shape index (κ3) is 2.81. The third-order valence-electron chi connectivity index (χ3n) is 3.18. The molecule has 1 aliphatic heterocycles. The molecule has 1 aliphatic rings. The largest absolute Gasteiger partial charge is 0.416 e. The number of amides is 2. The van der Waals surface area contributed by atoms with Crippen molar-refractivity contribution in [1.82, 2.24) is 5.32 Å². The summed E-state index contributed by atoms with van der Waals surface area (Å²) in [7, 11) is 0. The van der Waals surface area contributed by atoms with Crippen molar-refractivity contribution < 1.29 is 22.8 Å². The van der Waals surface area contributed by atoms with Crippen molar-refractivity contribution in [2.75, 3.05) is 11.4 Å². The number of nitrogens with one attached hydrogen (secondary N) is 1. The van der Waals surface area contributed by atoms with E-state index in [1.54, 1.807) is 6.07 Å². The number of carbonyl (C=O) groups is 2. The summed E-state index contributed by atoms with van der Waals surface area (Å²) >= 11 is 0. The lowest BCUT2D eigenvalue weighted by Crippen LogP contribution is -2.57. The molecule has 110 valence electrons. The summed E-state index contributed by atoms with van der Waals surface area (Å²) in [5, 5.41) is 11.1. The number of hydrogen-bond donors (Lipinski definition) is 1. The van der Waals surface area contributed by atoms with Crippen molar-refractivity contribution in [3.63, 3.8) is 0 Å². The average Bonchev–Trinajstić information content (AvgIpc) is 2.41. The van der Waals surface area contributed by atoms with Gasteiger partial charge in [-0.05, 0) is 25.1 Å². The molecule has 1 unspecified atom stereocenters. The van der Waals surface area contributed by atoms with Crippen LogP contribution in [0.1, 0.15) is 18.1 Å². The van der Waals surface area contributed by atoms with Crippen LogP contribution >= 0.6 is 0 Å². The normalized spacial score (nSPS) is 19.2. The highest BCUT2D eigenvalue weighted by atomic mass is 19.4. The Hall–Kier alpha value is -2.56. The molecule has 1 heterocycles. The van der Waals surface area contributed by atoms with Crippen LogP contribution in [0.3, 0.4) is 0 Å². The van der Waals surface area contributed by atoms with Crippen LogP contribution in [-0.2, 0) is 15.8 Å². The van der Waals surface area contributed by atoms with Gasteiger partial charge >= 0.3 is 6.18 Å². The molecule has 0 aliphatic carbocycles. The number of anilines is 1. The zero-order chi connectivity index (χ0) is 15.8. The van der Waals surface area contributed by atoms with E-state index in [0.29, 0.717) is 6.07 Å². The number of halogens is 3. The number of imide groups is 1. The smallest absolute Gasteiger partial charge is 0.349 e. The fourth-order valence-corrected chi connectivity index (χ4v) is 2.06. The zero-order valence-corrected chi connectivity index (χ0v) is 10.9. The van der Waals surface area contributed by atoms with E-state index in [4.69, 9.17) is 5.26 Å². The van der Waals surface area contributed by atoms with Crippen LogP contribution in [0.5, 0.6) is 0 Å². The summed E-state index contributed by atoms with van der Waals surface area (Å²) < 4.78 is 37.9. The number of nitriles is 1. The van der Waals surface area contributed by atoms with Crippen LogP contribution in [0.25, 0.3) is 0 Å². The van der Waals surface area contributed by atoms with Gasteiger partial charge in [-0.25, -0.2) is 0 Å². The quantitative estimate of drug-likeness (QED) is 0.796. The van der Waals surface area contributed by atoms with Crippen LogP contribution in [0, 0.1) is 11.3 Å². The predicted octanol–water partition coefficient (Wildman–Crippen LogP) is 1.43. The fourth-order valence-electron chi connectivity index (χ4n) is 2.06. The highest BCUT2D eigenvalue weighted by Crippen LogP contribution is 2.33. The molecule has 1 aromatic rings. The molecule has 1 atom stereocenters. The summed E-state index contributed by atoms with van der Waals surface area (Å²) in [6, 6.07) is 3.54. The maximum Gasteiger partial charge on any atom is 0.416 e. The Kier molecular flexibility index (Phi) is 3.60. The predicted molar refractivity (Wildman–Crippen MR) is 66.1 cm³/mol. The summed E-state index contributed by atoms with van der Waals surface area (Å²) in [6.07, 6.45) is -4.56. The topological polar surface area (TPSA) is 73.2 Å². The van der Waals surface area contributed by atoms with Gasteiger partial charge in [-0.3, -0.25) is 14.9 Å². The number of benzene rings is 1. The van der Waals surface area contributed by atoms with Crippen molar-refractivity contribution in [3.05, 3.63) is 29.3 Å². The Morgan fingerprint density at radius 3 is 2.62 bits per heavy atom. The van der Waals surface area contributed by atoms with Crippen LogP contribution in [0.15, 0.2) is 18.2 Å². The molecule has 2 rings (SSSR count). The van der Waals surface area contributed by atoms with E-state index in [0.717, 1.165) is 12.1 Å². The van der Waals surface area contributed by atoms with E-state index in [-0.39, 0.29) is 17.8 Å². The second-order valence-corrected chi connectivity index (χ2v) is 4.56. The minimum Gasteiger partial charge on any atom is -0.349 e. The molecule has 0 radical (unpaired) electrons. The maximum absolute atomic E-state index is 12.6. The first kappa shape index (κ1) is 14.8. The van der Waals surface area contributed by atoms with E-state index in [1.807, 2.05) is 0 Å². The van der Waals surface area contributed by atoms with Gasteiger partial charge in [0.25, 0.3) is 0 Å². The van der Waals surface area contributed by atoms with Gasteiger partial charge in [-0.2, -0.15) is 18.4 Å². The molecule has 8 heteroatoms. The lowest BCUT2D eigenvalue weighted by Gasteiger charge is -2.34.